The van der Waals surface area contributed by atoms with Gasteiger partial charge in [-0.05, 0) is 37.6 Å². The Morgan fingerprint density at radius 1 is 1.41 bits per heavy atom. The van der Waals surface area contributed by atoms with E-state index in [1.807, 2.05) is 6.92 Å². The minimum Gasteiger partial charge on any atom is -0.396 e. The zero-order valence-corrected chi connectivity index (χ0v) is 9.74. The van der Waals surface area contributed by atoms with Crippen molar-refractivity contribution in [3.8, 4) is 0 Å². The predicted molar refractivity (Wildman–Crippen MR) is 64.2 cm³/mol. The molecule has 3 N–H and O–H groups in total. The van der Waals surface area contributed by atoms with Gasteiger partial charge in [-0.15, -0.1) is 0 Å². The first-order valence-corrected chi connectivity index (χ1v) is 5.51. The number of hydrogen-bond acceptors (Lipinski definition) is 3. The van der Waals surface area contributed by atoms with E-state index in [0.717, 1.165) is 0 Å². The Labute approximate surface area is 99.8 Å². The molecule has 0 aliphatic heterocycles. The number of benzene rings is 1. The van der Waals surface area contributed by atoms with Crippen LogP contribution in [0.25, 0.3) is 0 Å². The first-order chi connectivity index (χ1) is 8.11. The van der Waals surface area contributed by atoms with E-state index in [1.54, 1.807) is 0 Å². The highest BCUT2D eigenvalue weighted by Crippen LogP contribution is 2.07. The van der Waals surface area contributed by atoms with E-state index in [2.05, 4.69) is 10.6 Å². The summed E-state index contributed by atoms with van der Waals surface area (Å²) in [5, 5.41) is 14.3. The Balaban J connectivity index is 2.32. The first-order valence-electron chi connectivity index (χ1n) is 5.51. The van der Waals surface area contributed by atoms with Gasteiger partial charge in [-0.2, -0.15) is 0 Å². The molecule has 0 aliphatic rings. The first kappa shape index (κ1) is 13.6. The summed E-state index contributed by atoms with van der Waals surface area (Å²) in [6.07, 6.45) is 0.601. The number of anilines is 1. The number of aliphatic hydroxyl groups is 1. The summed E-state index contributed by atoms with van der Waals surface area (Å²) >= 11 is 0. The molecule has 4 nitrogen and oxygen atoms in total. The maximum Gasteiger partial charge on any atom is 0.238 e. The Morgan fingerprint density at radius 3 is 2.65 bits per heavy atom. The number of halogens is 1. The molecule has 1 aromatic carbocycles. The van der Waals surface area contributed by atoms with Gasteiger partial charge in [0.1, 0.15) is 5.82 Å². The number of aliphatic hydroxyl groups excluding tert-OH is 1. The Bertz CT molecular complexity index is 354. The molecule has 1 rings (SSSR count). The minimum absolute atomic E-state index is 0.0824. The smallest absolute Gasteiger partial charge is 0.238 e. The normalized spacial score (nSPS) is 12.2. The highest BCUT2D eigenvalue weighted by molar-refractivity contribution is 5.92. The summed E-state index contributed by atoms with van der Waals surface area (Å²) in [6.45, 7) is 2.15. The van der Waals surface area contributed by atoms with Gasteiger partial charge in [-0.3, -0.25) is 4.79 Å². The van der Waals surface area contributed by atoms with E-state index in [-0.39, 0.29) is 30.9 Å². The van der Waals surface area contributed by atoms with Crippen molar-refractivity contribution in [1.29, 1.82) is 0 Å². The van der Waals surface area contributed by atoms with Crippen LogP contribution >= 0.6 is 0 Å². The van der Waals surface area contributed by atoms with Gasteiger partial charge >= 0.3 is 0 Å². The molecule has 1 atom stereocenters. The van der Waals surface area contributed by atoms with Gasteiger partial charge in [-0.1, -0.05) is 0 Å². The third-order valence-corrected chi connectivity index (χ3v) is 2.30. The van der Waals surface area contributed by atoms with Crippen molar-refractivity contribution >= 4 is 11.6 Å². The topological polar surface area (TPSA) is 61.4 Å². The number of rotatable bonds is 6. The van der Waals surface area contributed by atoms with Crippen LogP contribution < -0.4 is 10.6 Å². The predicted octanol–water partition coefficient (Wildman–Crippen LogP) is 1.12. The van der Waals surface area contributed by atoms with Crippen LogP contribution in [0.4, 0.5) is 10.1 Å². The van der Waals surface area contributed by atoms with E-state index in [9.17, 15) is 9.18 Å². The monoisotopic (exact) mass is 240 g/mol. The molecule has 1 amide bonds. The summed E-state index contributed by atoms with van der Waals surface area (Å²) in [5.74, 6) is -0.529. The third kappa shape index (κ3) is 5.42. The van der Waals surface area contributed by atoms with Crippen LogP contribution in [0.15, 0.2) is 24.3 Å². The molecule has 0 fully saturated rings. The number of carbonyl (C=O) groups is 1. The molecule has 5 heteroatoms. The number of hydrogen-bond donors (Lipinski definition) is 3. The number of amides is 1. The van der Waals surface area contributed by atoms with Crippen molar-refractivity contribution in [2.24, 2.45) is 0 Å². The summed E-state index contributed by atoms with van der Waals surface area (Å²) in [5.41, 5.74) is 0.563. The molecule has 0 saturated carbocycles. The second-order valence-corrected chi connectivity index (χ2v) is 3.85. The van der Waals surface area contributed by atoms with Crippen LogP contribution in [0.3, 0.4) is 0 Å². The molecular formula is C12H17FN2O2. The fourth-order valence-corrected chi connectivity index (χ4v) is 1.30. The quantitative estimate of drug-likeness (QED) is 0.698. The van der Waals surface area contributed by atoms with E-state index < -0.39 is 0 Å². The zero-order chi connectivity index (χ0) is 12.7. The highest BCUT2D eigenvalue weighted by Gasteiger charge is 2.05. The lowest BCUT2D eigenvalue weighted by atomic mass is 10.2. The minimum atomic E-state index is -0.335. The maximum atomic E-state index is 12.6. The molecule has 1 aromatic rings. The fourth-order valence-electron chi connectivity index (χ4n) is 1.30. The van der Waals surface area contributed by atoms with Crippen LogP contribution in [0.1, 0.15) is 13.3 Å². The molecule has 0 bridgehead atoms. The van der Waals surface area contributed by atoms with Crippen molar-refractivity contribution < 1.29 is 14.3 Å². The van der Waals surface area contributed by atoms with Crippen molar-refractivity contribution in [3.05, 3.63) is 30.1 Å². The lowest BCUT2D eigenvalue weighted by Crippen LogP contribution is -2.34. The lowest BCUT2D eigenvalue weighted by molar-refractivity contribution is -0.115. The molecule has 0 aromatic heterocycles. The summed E-state index contributed by atoms with van der Waals surface area (Å²) in [6, 6.07) is 5.67. The van der Waals surface area contributed by atoms with Crippen molar-refractivity contribution in [2.75, 3.05) is 18.5 Å². The van der Waals surface area contributed by atoms with Gasteiger partial charge < -0.3 is 15.7 Å². The van der Waals surface area contributed by atoms with Gasteiger partial charge in [-0.25, -0.2) is 4.39 Å². The van der Waals surface area contributed by atoms with Crippen molar-refractivity contribution in [2.45, 2.75) is 19.4 Å². The van der Waals surface area contributed by atoms with E-state index in [0.29, 0.717) is 12.1 Å². The van der Waals surface area contributed by atoms with E-state index in [4.69, 9.17) is 5.11 Å². The molecule has 94 valence electrons. The third-order valence-electron chi connectivity index (χ3n) is 2.30. The van der Waals surface area contributed by atoms with Crippen molar-refractivity contribution in [1.82, 2.24) is 5.32 Å². The van der Waals surface area contributed by atoms with Crippen LogP contribution in [0, 0.1) is 5.82 Å². The van der Waals surface area contributed by atoms with Crippen LogP contribution in [-0.2, 0) is 4.79 Å². The largest absolute Gasteiger partial charge is 0.396 e. The van der Waals surface area contributed by atoms with Gasteiger partial charge in [0, 0.05) is 18.3 Å². The van der Waals surface area contributed by atoms with Gasteiger partial charge in [0.2, 0.25) is 5.91 Å². The van der Waals surface area contributed by atoms with Gasteiger partial charge in [0.15, 0.2) is 0 Å². The molecule has 1 unspecified atom stereocenters. The standard InChI is InChI=1S/C12H17FN2O2/c1-9(6-7-16)14-8-12(17)15-11-4-2-10(13)3-5-11/h2-5,9,14,16H,6-8H2,1H3,(H,15,17). The Morgan fingerprint density at radius 2 is 2.06 bits per heavy atom. The highest BCUT2D eigenvalue weighted by atomic mass is 19.1. The second kappa shape index (κ2) is 6.98. The summed E-state index contributed by atoms with van der Waals surface area (Å²) in [4.78, 5) is 11.5. The van der Waals surface area contributed by atoms with Crippen molar-refractivity contribution in [3.63, 3.8) is 0 Å². The molecule has 0 aliphatic carbocycles. The molecular weight excluding hydrogens is 223 g/mol. The maximum absolute atomic E-state index is 12.6. The number of carbonyl (C=O) groups excluding carboxylic acids is 1. The molecule has 0 radical (unpaired) electrons. The SMILES string of the molecule is CC(CCO)NCC(=O)Nc1ccc(F)cc1. The average molecular weight is 240 g/mol. The molecule has 0 heterocycles. The lowest BCUT2D eigenvalue weighted by Gasteiger charge is -2.12. The summed E-state index contributed by atoms with van der Waals surface area (Å²) < 4.78 is 12.6. The van der Waals surface area contributed by atoms with Crippen LogP contribution in [0.5, 0.6) is 0 Å². The summed E-state index contributed by atoms with van der Waals surface area (Å²) in [7, 11) is 0. The average Bonchev–Trinajstić information content (AvgIpc) is 2.30. The molecule has 17 heavy (non-hydrogen) atoms. The number of nitrogens with one attached hydrogen (secondary N) is 2. The second-order valence-electron chi connectivity index (χ2n) is 3.85. The van der Waals surface area contributed by atoms with Gasteiger partial charge in [0.25, 0.3) is 0 Å². The van der Waals surface area contributed by atoms with Crippen LogP contribution in [0.2, 0.25) is 0 Å². The van der Waals surface area contributed by atoms with Gasteiger partial charge in [0.05, 0.1) is 6.54 Å². The Hall–Kier alpha value is -1.46. The Kier molecular flexibility index (Phi) is 5.59. The fraction of sp³-hybridized carbons (Fsp3) is 0.417. The molecule has 0 saturated heterocycles. The zero-order valence-electron chi connectivity index (χ0n) is 9.74. The van der Waals surface area contributed by atoms with Crippen LogP contribution in [-0.4, -0.2) is 30.2 Å². The van der Waals surface area contributed by atoms with E-state index in [1.165, 1.54) is 24.3 Å². The van der Waals surface area contributed by atoms with E-state index >= 15 is 0 Å². The molecule has 0 spiro atoms.